The number of nitrogens with zero attached hydrogens (tertiary/aromatic N) is 1. The molecular formula is C20H24N4O3. The highest BCUT2D eigenvalue weighted by Crippen LogP contribution is 2.47. The molecule has 7 nitrogen and oxygen atoms in total. The zero-order valence-corrected chi connectivity index (χ0v) is 15.2. The van der Waals surface area contributed by atoms with Crippen molar-refractivity contribution in [2.24, 2.45) is 5.92 Å². The topological polar surface area (TPSA) is 90.5 Å². The molecule has 1 saturated carbocycles. The van der Waals surface area contributed by atoms with E-state index in [9.17, 15) is 14.4 Å². The van der Waals surface area contributed by atoms with Crippen LogP contribution in [0.1, 0.15) is 47.2 Å². The number of carbonyl (C=O) groups excluding carboxylic acids is 3. The van der Waals surface area contributed by atoms with Gasteiger partial charge in [-0.1, -0.05) is 12.1 Å². The highest BCUT2D eigenvalue weighted by Gasteiger charge is 2.54. The number of imide groups is 1. The SMILES string of the molecule is O=C1CCC(N2Cc3ccc(CNC45CCNCC4C5)cc3C2=O)C(=O)N1. The van der Waals surface area contributed by atoms with E-state index in [1.165, 1.54) is 6.42 Å². The average molecular weight is 368 g/mol. The molecule has 3 N–H and O–H groups in total. The minimum Gasteiger partial charge on any atom is -0.322 e. The molecule has 0 spiro atoms. The van der Waals surface area contributed by atoms with Crippen molar-refractivity contribution in [2.45, 2.75) is 50.4 Å². The molecule has 0 bridgehead atoms. The van der Waals surface area contributed by atoms with E-state index in [1.807, 2.05) is 12.1 Å². The van der Waals surface area contributed by atoms with Gasteiger partial charge in [0.1, 0.15) is 6.04 Å². The third-order valence-corrected chi connectivity index (χ3v) is 6.61. The minimum atomic E-state index is -0.551. The van der Waals surface area contributed by atoms with Gasteiger partial charge in [0.2, 0.25) is 11.8 Å². The highest BCUT2D eigenvalue weighted by molar-refractivity contribution is 6.05. The number of rotatable bonds is 4. The maximum Gasteiger partial charge on any atom is 0.255 e. The lowest BCUT2D eigenvalue weighted by atomic mass is 10.0. The van der Waals surface area contributed by atoms with Crippen LogP contribution in [0.4, 0.5) is 0 Å². The first-order valence-corrected chi connectivity index (χ1v) is 9.78. The number of nitrogens with one attached hydrogen (secondary N) is 3. The Morgan fingerprint density at radius 1 is 1.26 bits per heavy atom. The van der Waals surface area contributed by atoms with Gasteiger partial charge in [-0.25, -0.2) is 0 Å². The Balaban J connectivity index is 1.28. The van der Waals surface area contributed by atoms with E-state index in [0.29, 0.717) is 18.5 Å². The summed E-state index contributed by atoms with van der Waals surface area (Å²) >= 11 is 0. The van der Waals surface area contributed by atoms with E-state index in [2.05, 4.69) is 22.0 Å². The summed E-state index contributed by atoms with van der Waals surface area (Å²) in [6, 6.07) is 5.49. The first-order chi connectivity index (χ1) is 13.1. The van der Waals surface area contributed by atoms with Crippen LogP contribution in [0.2, 0.25) is 0 Å². The Hall–Kier alpha value is -2.25. The van der Waals surface area contributed by atoms with E-state index in [0.717, 1.165) is 43.1 Å². The quantitative estimate of drug-likeness (QED) is 0.665. The number of fused-ring (bicyclic) bond motifs is 2. The Morgan fingerprint density at radius 3 is 2.96 bits per heavy atom. The van der Waals surface area contributed by atoms with Gasteiger partial charge in [-0.3, -0.25) is 19.7 Å². The molecule has 2 saturated heterocycles. The van der Waals surface area contributed by atoms with Gasteiger partial charge in [-0.2, -0.15) is 0 Å². The minimum absolute atomic E-state index is 0.106. The second kappa shape index (κ2) is 6.14. The van der Waals surface area contributed by atoms with Crippen LogP contribution >= 0.6 is 0 Å². The first kappa shape index (κ1) is 16.9. The molecule has 3 fully saturated rings. The maximum absolute atomic E-state index is 12.9. The third kappa shape index (κ3) is 2.85. The highest BCUT2D eigenvalue weighted by atomic mass is 16.2. The Morgan fingerprint density at radius 2 is 2.15 bits per heavy atom. The molecule has 1 aromatic carbocycles. The van der Waals surface area contributed by atoms with Crippen LogP contribution in [0.25, 0.3) is 0 Å². The molecule has 3 unspecified atom stereocenters. The predicted octanol–water partition coefficient (Wildman–Crippen LogP) is 0.289. The Bertz CT molecular complexity index is 839. The van der Waals surface area contributed by atoms with E-state index >= 15 is 0 Å². The first-order valence-electron chi connectivity index (χ1n) is 9.78. The van der Waals surface area contributed by atoms with Crippen molar-refractivity contribution >= 4 is 17.7 Å². The summed E-state index contributed by atoms with van der Waals surface area (Å²) in [7, 11) is 0. The van der Waals surface area contributed by atoms with Crippen LogP contribution in [-0.4, -0.2) is 47.3 Å². The van der Waals surface area contributed by atoms with Crippen LogP contribution in [0.3, 0.4) is 0 Å². The monoisotopic (exact) mass is 368 g/mol. The van der Waals surface area contributed by atoms with Gasteiger partial charge in [-0.15, -0.1) is 0 Å². The molecule has 5 rings (SSSR count). The molecule has 3 amide bonds. The molecule has 0 aromatic heterocycles. The lowest BCUT2D eigenvalue weighted by molar-refractivity contribution is -0.136. The second-order valence-electron chi connectivity index (χ2n) is 8.26. The summed E-state index contributed by atoms with van der Waals surface area (Å²) in [5, 5.41) is 9.50. The number of amides is 3. The van der Waals surface area contributed by atoms with E-state index in [-0.39, 0.29) is 29.7 Å². The van der Waals surface area contributed by atoms with Crippen molar-refractivity contribution < 1.29 is 14.4 Å². The van der Waals surface area contributed by atoms with E-state index in [4.69, 9.17) is 0 Å². The van der Waals surface area contributed by atoms with Crippen LogP contribution in [0.5, 0.6) is 0 Å². The molecule has 1 aromatic rings. The molecular weight excluding hydrogens is 344 g/mol. The molecule has 0 radical (unpaired) electrons. The number of benzene rings is 1. The predicted molar refractivity (Wildman–Crippen MR) is 97.7 cm³/mol. The zero-order valence-electron chi connectivity index (χ0n) is 15.2. The summed E-state index contributed by atoms with van der Waals surface area (Å²) in [4.78, 5) is 38.0. The van der Waals surface area contributed by atoms with Crippen LogP contribution in [-0.2, 0) is 22.7 Å². The molecule has 142 valence electrons. The average Bonchev–Trinajstić information content (AvgIpc) is 3.31. The summed E-state index contributed by atoms with van der Waals surface area (Å²) in [5.41, 5.74) is 3.03. The van der Waals surface area contributed by atoms with Gasteiger partial charge in [0.05, 0.1) is 0 Å². The van der Waals surface area contributed by atoms with Gasteiger partial charge in [0.15, 0.2) is 0 Å². The molecule has 27 heavy (non-hydrogen) atoms. The fourth-order valence-electron chi connectivity index (χ4n) is 4.84. The molecule has 4 aliphatic rings. The molecule has 1 aliphatic carbocycles. The van der Waals surface area contributed by atoms with Crippen molar-refractivity contribution in [3.8, 4) is 0 Å². The normalized spacial score (nSPS) is 32.1. The second-order valence-corrected chi connectivity index (χ2v) is 8.26. The summed E-state index contributed by atoms with van der Waals surface area (Å²) < 4.78 is 0. The van der Waals surface area contributed by atoms with E-state index < -0.39 is 6.04 Å². The number of hydrogen-bond acceptors (Lipinski definition) is 5. The fraction of sp³-hybridized carbons (Fsp3) is 0.550. The molecule has 7 heteroatoms. The van der Waals surface area contributed by atoms with Crippen LogP contribution in [0.15, 0.2) is 18.2 Å². The van der Waals surface area contributed by atoms with Crippen molar-refractivity contribution in [1.82, 2.24) is 20.9 Å². The standard InChI is InChI=1S/C20H24N4O3/c25-17-4-3-16(18(26)23-17)24-11-13-2-1-12(7-15(13)19(24)27)9-22-20-5-6-21-10-14(20)8-20/h1-2,7,14,16,21-22H,3-6,8-11H2,(H,23,25,26). The zero-order chi connectivity index (χ0) is 18.6. The molecule has 3 atom stereocenters. The lowest BCUT2D eigenvalue weighted by Gasteiger charge is -2.29. The number of piperidine rings is 2. The van der Waals surface area contributed by atoms with Crippen LogP contribution < -0.4 is 16.0 Å². The lowest BCUT2D eigenvalue weighted by Crippen LogP contribution is -2.52. The van der Waals surface area contributed by atoms with Gasteiger partial charge >= 0.3 is 0 Å². The van der Waals surface area contributed by atoms with Crippen molar-refractivity contribution in [1.29, 1.82) is 0 Å². The van der Waals surface area contributed by atoms with Crippen molar-refractivity contribution in [3.05, 3.63) is 34.9 Å². The number of hydrogen-bond donors (Lipinski definition) is 3. The van der Waals surface area contributed by atoms with Crippen molar-refractivity contribution in [3.63, 3.8) is 0 Å². The summed E-state index contributed by atoms with van der Waals surface area (Å²) in [6.07, 6.45) is 3.07. The van der Waals surface area contributed by atoms with Gasteiger partial charge in [0, 0.05) is 30.6 Å². The molecule has 3 heterocycles. The fourth-order valence-corrected chi connectivity index (χ4v) is 4.84. The Labute approximate surface area is 157 Å². The van der Waals surface area contributed by atoms with Gasteiger partial charge in [-0.05, 0) is 55.5 Å². The smallest absolute Gasteiger partial charge is 0.255 e. The molecule has 3 aliphatic heterocycles. The largest absolute Gasteiger partial charge is 0.322 e. The Kier molecular flexibility index (Phi) is 3.84. The van der Waals surface area contributed by atoms with Crippen LogP contribution in [0, 0.1) is 5.92 Å². The van der Waals surface area contributed by atoms with Crippen molar-refractivity contribution in [2.75, 3.05) is 13.1 Å². The summed E-state index contributed by atoms with van der Waals surface area (Å²) in [5.74, 6) is -0.000444. The maximum atomic E-state index is 12.9. The summed E-state index contributed by atoms with van der Waals surface area (Å²) in [6.45, 7) is 3.35. The third-order valence-electron chi connectivity index (χ3n) is 6.61. The van der Waals surface area contributed by atoms with Gasteiger partial charge in [0.25, 0.3) is 5.91 Å². The number of carbonyl (C=O) groups is 3. The van der Waals surface area contributed by atoms with Gasteiger partial charge < -0.3 is 15.5 Å². The van der Waals surface area contributed by atoms with E-state index in [1.54, 1.807) is 4.90 Å².